The van der Waals surface area contributed by atoms with Crippen molar-refractivity contribution in [1.29, 1.82) is 0 Å². The molecule has 0 N–H and O–H groups in total. The number of ketones is 1. The Labute approximate surface area is 87.8 Å². The maximum atomic E-state index is 11.7. The first-order chi connectivity index (χ1) is 7.25. The summed E-state index contributed by atoms with van der Waals surface area (Å²) in [5.41, 5.74) is 1.34. The van der Waals surface area contributed by atoms with Crippen molar-refractivity contribution in [3.63, 3.8) is 0 Å². The van der Waals surface area contributed by atoms with E-state index in [0.29, 0.717) is 11.5 Å². The minimum absolute atomic E-state index is 0.0198. The van der Waals surface area contributed by atoms with Gasteiger partial charge in [-0.15, -0.1) is 0 Å². The molecule has 2 aromatic heterocycles. The highest BCUT2D eigenvalue weighted by Crippen LogP contribution is 2.06. The zero-order chi connectivity index (χ0) is 10.7. The summed E-state index contributed by atoms with van der Waals surface area (Å²) in [5.74, 6) is 0.650. The summed E-state index contributed by atoms with van der Waals surface area (Å²) < 4.78 is 5.11. The van der Waals surface area contributed by atoms with E-state index in [-0.39, 0.29) is 12.2 Å². The smallest absolute Gasteiger partial charge is 0.188 e. The number of aryl methyl sites for hydroxylation is 1. The van der Waals surface area contributed by atoms with E-state index in [1.165, 1.54) is 0 Å². The SMILES string of the molecule is Cc1cccc(C(=O)Cc2ccco2)n1. The second-order valence-electron chi connectivity index (χ2n) is 3.34. The molecule has 0 unspecified atom stereocenters. The van der Waals surface area contributed by atoms with Crippen LogP contribution in [0, 0.1) is 6.92 Å². The van der Waals surface area contributed by atoms with Crippen LogP contribution in [0.5, 0.6) is 0 Å². The minimum atomic E-state index is -0.0198. The number of carbonyl (C=O) groups is 1. The number of furan rings is 1. The van der Waals surface area contributed by atoms with Crippen molar-refractivity contribution in [2.24, 2.45) is 0 Å². The number of Topliss-reactive ketones (excluding diaryl/α,β-unsaturated/α-hetero) is 1. The van der Waals surface area contributed by atoms with Crippen molar-refractivity contribution < 1.29 is 9.21 Å². The maximum absolute atomic E-state index is 11.7. The molecule has 2 rings (SSSR count). The Bertz CT molecular complexity index is 460. The van der Waals surface area contributed by atoms with Crippen molar-refractivity contribution in [1.82, 2.24) is 4.98 Å². The molecule has 15 heavy (non-hydrogen) atoms. The molecule has 0 amide bonds. The number of carbonyl (C=O) groups excluding carboxylic acids is 1. The van der Waals surface area contributed by atoms with Gasteiger partial charge < -0.3 is 4.42 Å². The van der Waals surface area contributed by atoms with E-state index >= 15 is 0 Å². The lowest BCUT2D eigenvalue weighted by atomic mass is 10.1. The zero-order valence-electron chi connectivity index (χ0n) is 8.43. The van der Waals surface area contributed by atoms with Gasteiger partial charge in [-0.2, -0.15) is 0 Å². The van der Waals surface area contributed by atoms with E-state index in [1.807, 2.05) is 19.1 Å². The van der Waals surface area contributed by atoms with E-state index in [1.54, 1.807) is 24.5 Å². The Morgan fingerprint density at radius 1 is 1.33 bits per heavy atom. The molecule has 0 aromatic carbocycles. The van der Waals surface area contributed by atoms with Gasteiger partial charge in [0.15, 0.2) is 5.78 Å². The van der Waals surface area contributed by atoms with Gasteiger partial charge in [0.05, 0.1) is 12.7 Å². The number of aromatic nitrogens is 1. The number of pyridine rings is 1. The molecule has 0 saturated carbocycles. The lowest BCUT2D eigenvalue weighted by Crippen LogP contribution is -2.05. The molecule has 0 bridgehead atoms. The summed E-state index contributed by atoms with van der Waals surface area (Å²) in [5, 5.41) is 0. The van der Waals surface area contributed by atoms with Crippen molar-refractivity contribution in [3.05, 3.63) is 53.7 Å². The molecule has 0 radical (unpaired) electrons. The van der Waals surface area contributed by atoms with Gasteiger partial charge in [-0.05, 0) is 31.2 Å². The largest absolute Gasteiger partial charge is 0.469 e. The first kappa shape index (κ1) is 9.65. The molecule has 0 atom stereocenters. The van der Waals surface area contributed by atoms with Crippen LogP contribution in [0.4, 0.5) is 0 Å². The van der Waals surface area contributed by atoms with E-state index in [4.69, 9.17) is 4.42 Å². The Kier molecular flexibility index (Phi) is 2.63. The third-order valence-corrected chi connectivity index (χ3v) is 2.09. The predicted octanol–water partition coefficient (Wildman–Crippen LogP) is 2.41. The van der Waals surface area contributed by atoms with Crippen LogP contribution >= 0.6 is 0 Å². The van der Waals surface area contributed by atoms with Gasteiger partial charge in [-0.3, -0.25) is 9.78 Å². The van der Waals surface area contributed by atoms with Gasteiger partial charge in [-0.25, -0.2) is 0 Å². The van der Waals surface area contributed by atoms with E-state index < -0.39 is 0 Å². The number of nitrogens with zero attached hydrogens (tertiary/aromatic N) is 1. The second kappa shape index (κ2) is 4.09. The van der Waals surface area contributed by atoms with Crippen LogP contribution in [0.1, 0.15) is 21.9 Å². The fourth-order valence-electron chi connectivity index (χ4n) is 1.36. The van der Waals surface area contributed by atoms with E-state index in [9.17, 15) is 4.79 Å². The van der Waals surface area contributed by atoms with Gasteiger partial charge in [0.25, 0.3) is 0 Å². The molecule has 3 heteroatoms. The highest BCUT2D eigenvalue weighted by atomic mass is 16.3. The van der Waals surface area contributed by atoms with Crippen molar-refractivity contribution in [2.45, 2.75) is 13.3 Å². The number of hydrogen-bond acceptors (Lipinski definition) is 3. The minimum Gasteiger partial charge on any atom is -0.469 e. The Hall–Kier alpha value is -1.90. The van der Waals surface area contributed by atoms with E-state index in [2.05, 4.69) is 4.98 Å². The highest BCUT2D eigenvalue weighted by molar-refractivity contribution is 5.95. The molecule has 0 aliphatic rings. The van der Waals surface area contributed by atoms with Crippen LogP contribution in [0.25, 0.3) is 0 Å². The molecule has 2 aromatic rings. The quantitative estimate of drug-likeness (QED) is 0.716. The van der Waals surface area contributed by atoms with Crippen molar-refractivity contribution >= 4 is 5.78 Å². The Morgan fingerprint density at radius 2 is 2.20 bits per heavy atom. The first-order valence-corrected chi connectivity index (χ1v) is 4.75. The van der Waals surface area contributed by atoms with Crippen LogP contribution in [0.2, 0.25) is 0 Å². The number of rotatable bonds is 3. The van der Waals surface area contributed by atoms with Gasteiger partial charge in [-0.1, -0.05) is 6.07 Å². The highest BCUT2D eigenvalue weighted by Gasteiger charge is 2.09. The predicted molar refractivity (Wildman–Crippen MR) is 55.7 cm³/mol. The normalized spacial score (nSPS) is 10.2. The van der Waals surface area contributed by atoms with Gasteiger partial charge in [0.2, 0.25) is 0 Å². The molecule has 0 aliphatic carbocycles. The van der Waals surface area contributed by atoms with Crippen LogP contribution in [-0.4, -0.2) is 10.8 Å². The molecule has 0 aliphatic heterocycles. The maximum Gasteiger partial charge on any atom is 0.188 e. The monoisotopic (exact) mass is 201 g/mol. The van der Waals surface area contributed by atoms with Crippen LogP contribution in [-0.2, 0) is 6.42 Å². The zero-order valence-corrected chi connectivity index (χ0v) is 8.43. The molecule has 0 fully saturated rings. The molecule has 0 saturated heterocycles. The third kappa shape index (κ3) is 2.31. The summed E-state index contributed by atoms with van der Waals surface area (Å²) in [6.45, 7) is 1.86. The van der Waals surface area contributed by atoms with Crippen LogP contribution in [0.15, 0.2) is 41.0 Å². The van der Waals surface area contributed by atoms with Crippen molar-refractivity contribution in [2.75, 3.05) is 0 Å². The fourth-order valence-corrected chi connectivity index (χ4v) is 1.36. The summed E-state index contributed by atoms with van der Waals surface area (Å²) in [4.78, 5) is 15.9. The molecule has 2 heterocycles. The summed E-state index contributed by atoms with van der Waals surface area (Å²) in [7, 11) is 0. The summed E-state index contributed by atoms with van der Waals surface area (Å²) in [6.07, 6.45) is 1.83. The molecular weight excluding hydrogens is 190 g/mol. The second-order valence-corrected chi connectivity index (χ2v) is 3.34. The molecule has 3 nitrogen and oxygen atoms in total. The fraction of sp³-hybridized carbons (Fsp3) is 0.167. The average Bonchev–Trinajstić information content (AvgIpc) is 2.70. The average molecular weight is 201 g/mol. The summed E-state index contributed by atoms with van der Waals surface area (Å²) >= 11 is 0. The summed E-state index contributed by atoms with van der Waals surface area (Å²) in [6, 6.07) is 8.97. The Morgan fingerprint density at radius 3 is 2.87 bits per heavy atom. The molecular formula is C12H11NO2. The van der Waals surface area contributed by atoms with Gasteiger partial charge in [0, 0.05) is 5.69 Å². The lowest BCUT2D eigenvalue weighted by Gasteiger charge is -1.99. The molecule has 76 valence electrons. The lowest BCUT2D eigenvalue weighted by molar-refractivity contribution is 0.0982. The standard InChI is InChI=1S/C12H11NO2/c1-9-4-2-6-11(13-9)12(14)8-10-5-3-7-15-10/h2-7H,8H2,1H3. The topological polar surface area (TPSA) is 43.1 Å². The molecule has 0 spiro atoms. The third-order valence-electron chi connectivity index (χ3n) is 2.09. The van der Waals surface area contributed by atoms with Crippen LogP contribution in [0.3, 0.4) is 0 Å². The van der Waals surface area contributed by atoms with Gasteiger partial charge in [0.1, 0.15) is 11.5 Å². The van der Waals surface area contributed by atoms with E-state index in [0.717, 1.165) is 5.69 Å². The Balaban J connectivity index is 2.15. The van der Waals surface area contributed by atoms with Crippen LogP contribution < -0.4 is 0 Å². The number of hydrogen-bond donors (Lipinski definition) is 0. The first-order valence-electron chi connectivity index (χ1n) is 4.75. The van der Waals surface area contributed by atoms with Gasteiger partial charge >= 0.3 is 0 Å². The van der Waals surface area contributed by atoms with Crippen molar-refractivity contribution in [3.8, 4) is 0 Å².